The van der Waals surface area contributed by atoms with E-state index in [1.807, 2.05) is 13.8 Å². The average Bonchev–Trinajstić information content (AvgIpc) is 2.77. The lowest BCUT2D eigenvalue weighted by Crippen LogP contribution is -2.37. The molecule has 2 heterocycles. The van der Waals surface area contributed by atoms with Gasteiger partial charge in [0, 0.05) is 12.3 Å². The van der Waals surface area contributed by atoms with E-state index in [1.54, 1.807) is 29.0 Å². The van der Waals surface area contributed by atoms with Crippen LogP contribution in [0, 0.1) is 5.92 Å². The number of nitrogens with two attached hydrogens (primary N) is 1. The van der Waals surface area contributed by atoms with Crippen LogP contribution in [0.3, 0.4) is 0 Å². The van der Waals surface area contributed by atoms with Crippen LogP contribution in [0.25, 0.3) is 5.65 Å². The number of rotatable bonds is 4. The zero-order valence-corrected chi connectivity index (χ0v) is 10.5. The Balaban J connectivity index is 2.14. The summed E-state index contributed by atoms with van der Waals surface area (Å²) in [4.78, 5) is 16.0. The number of hydrogen-bond acceptors (Lipinski definition) is 4. The van der Waals surface area contributed by atoms with Crippen molar-refractivity contribution >= 4 is 17.4 Å². The van der Waals surface area contributed by atoms with E-state index in [9.17, 15) is 4.79 Å². The number of anilines is 1. The molecule has 0 bridgehead atoms. The largest absolute Gasteiger partial charge is 0.320 e. The monoisotopic (exact) mass is 247 g/mol. The zero-order valence-electron chi connectivity index (χ0n) is 10.5. The van der Waals surface area contributed by atoms with Crippen molar-refractivity contribution in [2.24, 2.45) is 11.7 Å². The lowest BCUT2D eigenvalue weighted by Gasteiger charge is -2.14. The Bertz CT molecular complexity index is 548. The highest BCUT2D eigenvalue weighted by Crippen LogP contribution is 2.10. The quantitative estimate of drug-likeness (QED) is 0.845. The van der Waals surface area contributed by atoms with Crippen molar-refractivity contribution in [1.82, 2.24) is 14.6 Å². The van der Waals surface area contributed by atoms with Crippen molar-refractivity contribution < 1.29 is 4.79 Å². The fraction of sp³-hybridized carbons (Fsp3) is 0.417. The molecule has 6 nitrogen and oxygen atoms in total. The van der Waals surface area contributed by atoms with Crippen molar-refractivity contribution in [3.8, 4) is 0 Å². The minimum atomic E-state index is -0.510. The Kier molecular flexibility index (Phi) is 3.57. The van der Waals surface area contributed by atoms with Gasteiger partial charge in [-0.1, -0.05) is 13.8 Å². The number of carbonyl (C=O) groups excluding carboxylic acids is 1. The predicted octanol–water partition coefficient (Wildman–Crippen LogP) is 1.04. The normalized spacial score (nSPS) is 12.9. The van der Waals surface area contributed by atoms with Gasteiger partial charge in [-0.25, -0.2) is 4.98 Å². The Morgan fingerprint density at radius 1 is 1.44 bits per heavy atom. The molecule has 0 aliphatic carbocycles. The average molecular weight is 247 g/mol. The number of hydrogen-bond donors (Lipinski definition) is 2. The van der Waals surface area contributed by atoms with Gasteiger partial charge in [-0.3, -0.25) is 4.79 Å². The maximum atomic E-state index is 11.9. The standard InChI is InChI=1S/C12H17N5O/c1-8(2)7-9(13)12(18)16-11-3-5-14-10-4-6-15-17(10)11/h3-6,8-9H,7,13H2,1-2H3,(H,16,18)/t9-/m0/s1. The summed E-state index contributed by atoms with van der Waals surface area (Å²) in [6, 6.07) is 2.95. The molecule has 18 heavy (non-hydrogen) atoms. The molecule has 0 fully saturated rings. The molecule has 0 saturated carbocycles. The lowest BCUT2D eigenvalue weighted by atomic mass is 10.0. The first-order valence-corrected chi connectivity index (χ1v) is 5.93. The van der Waals surface area contributed by atoms with Gasteiger partial charge in [0.25, 0.3) is 0 Å². The van der Waals surface area contributed by atoms with E-state index in [2.05, 4.69) is 15.4 Å². The molecule has 1 amide bonds. The molecule has 2 rings (SSSR count). The van der Waals surface area contributed by atoms with Gasteiger partial charge in [-0.2, -0.15) is 9.61 Å². The highest BCUT2D eigenvalue weighted by Gasteiger charge is 2.16. The first kappa shape index (κ1) is 12.5. The van der Waals surface area contributed by atoms with Gasteiger partial charge < -0.3 is 11.1 Å². The van der Waals surface area contributed by atoms with Crippen LogP contribution < -0.4 is 11.1 Å². The summed E-state index contributed by atoms with van der Waals surface area (Å²) in [5, 5.41) is 6.86. The van der Waals surface area contributed by atoms with E-state index in [0.29, 0.717) is 23.8 Å². The van der Waals surface area contributed by atoms with Gasteiger partial charge in [0.15, 0.2) is 5.65 Å². The minimum Gasteiger partial charge on any atom is -0.320 e. The van der Waals surface area contributed by atoms with Gasteiger partial charge in [-0.05, 0) is 18.4 Å². The second-order valence-corrected chi connectivity index (χ2v) is 4.66. The van der Waals surface area contributed by atoms with Crippen LogP contribution in [0.1, 0.15) is 20.3 Å². The molecule has 1 atom stereocenters. The summed E-state index contributed by atoms with van der Waals surface area (Å²) >= 11 is 0. The summed E-state index contributed by atoms with van der Waals surface area (Å²) in [7, 11) is 0. The van der Waals surface area contributed by atoms with E-state index in [-0.39, 0.29) is 5.91 Å². The number of fused-ring (bicyclic) bond motifs is 1. The Morgan fingerprint density at radius 2 is 2.22 bits per heavy atom. The zero-order chi connectivity index (χ0) is 13.1. The van der Waals surface area contributed by atoms with E-state index in [1.165, 1.54) is 0 Å². The summed E-state index contributed by atoms with van der Waals surface area (Å²) < 4.78 is 1.57. The van der Waals surface area contributed by atoms with E-state index >= 15 is 0 Å². The molecule has 0 aliphatic rings. The van der Waals surface area contributed by atoms with Gasteiger partial charge in [0.05, 0.1) is 12.2 Å². The molecule has 2 aromatic rings. The van der Waals surface area contributed by atoms with Gasteiger partial charge >= 0.3 is 0 Å². The van der Waals surface area contributed by atoms with Crippen LogP contribution in [0.5, 0.6) is 0 Å². The van der Waals surface area contributed by atoms with Crippen LogP contribution in [0.15, 0.2) is 24.5 Å². The molecule has 6 heteroatoms. The Morgan fingerprint density at radius 3 is 2.94 bits per heavy atom. The maximum Gasteiger partial charge on any atom is 0.242 e. The van der Waals surface area contributed by atoms with Crippen LogP contribution in [-0.4, -0.2) is 26.5 Å². The Hall–Kier alpha value is -1.95. The second kappa shape index (κ2) is 5.14. The minimum absolute atomic E-state index is 0.202. The molecule has 0 unspecified atom stereocenters. The van der Waals surface area contributed by atoms with E-state index < -0.39 is 6.04 Å². The molecule has 0 saturated heterocycles. The molecular formula is C12H17N5O. The fourth-order valence-corrected chi connectivity index (χ4v) is 1.76. The number of nitrogens with zero attached hydrogens (tertiary/aromatic N) is 3. The van der Waals surface area contributed by atoms with Crippen molar-refractivity contribution in [2.75, 3.05) is 5.32 Å². The first-order valence-electron chi connectivity index (χ1n) is 5.93. The molecule has 3 N–H and O–H groups in total. The number of amides is 1. The maximum absolute atomic E-state index is 11.9. The molecule has 0 aromatic carbocycles. The highest BCUT2D eigenvalue weighted by atomic mass is 16.2. The van der Waals surface area contributed by atoms with Gasteiger partial charge in [-0.15, -0.1) is 0 Å². The van der Waals surface area contributed by atoms with Crippen LogP contribution in [0.2, 0.25) is 0 Å². The van der Waals surface area contributed by atoms with E-state index in [0.717, 1.165) is 0 Å². The second-order valence-electron chi connectivity index (χ2n) is 4.66. The molecular weight excluding hydrogens is 230 g/mol. The summed E-state index contributed by atoms with van der Waals surface area (Å²) in [6.45, 7) is 4.07. The van der Waals surface area contributed by atoms with Gasteiger partial charge in [0.2, 0.25) is 5.91 Å². The highest BCUT2D eigenvalue weighted by molar-refractivity contribution is 5.94. The van der Waals surface area contributed by atoms with Crippen molar-refractivity contribution in [3.05, 3.63) is 24.5 Å². The van der Waals surface area contributed by atoms with E-state index in [4.69, 9.17) is 5.73 Å². The molecule has 2 aromatic heterocycles. The molecule has 0 radical (unpaired) electrons. The number of nitrogens with one attached hydrogen (secondary N) is 1. The molecule has 0 spiro atoms. The molecule has 96 valence electrons. The third-order valence-electron chi connectivity index (χ3n) is 2.60. The van der Waals surface area contributed by atoms with Crippen LogP contribution in [-0.2, 0) is 4.79 Å². The summed E-state index contributed by atoms with van der Waals surface area (Å²) in [5.74, 6) is 0.758. The van der Waals surface area contributed by atoms with Crippen molar-refractivity contribution in [2.45, 2.75) is 26.3 Å². The Labute approximate surface area is 105 Å². The summed E-state index contributed by atoms with van der Waals surface area (Å²) in [6.07, 6.45) is 3.91. The van der Waals surface area contributed by atoms with Gasteiger partial charge in [0.1, 0.15) is 5.82 Å². The van der Waals surface area contributed by atoms with Crippen molar-refractivity contribution in [1.29, 1.82) is 0 Å². The topological polar surface area (TPSA) is 85.3 Å². The lowest BCUT2D eigenvalue weighted by molar-refractivity contribution is -0.117. The smallest absolute Gasteiger partial charge is 0.242 e. The summed E-state index contributed by atoms with van der Waals surface area (Å²) in [5.41, 5.74) is 6.51. The predicted molar refractivity (Wildman–Crippen MR) is 69.0 cm³/mol. The fourth-order valence-electron chi connectivity index (χ4n) is 1.76. The SMILES string of the molecule is CC(C)C[C@H](N)C(=O)Nc1ccnc2ccnn12. The third kappa shape index (κ3) is 2.65. The molecule has 0 aliphatic heterocycles. The van der Waals surface area contributed by atoms with Crippen LogP contribution in [0.4, 0.5) is 5.82 Å². The van der Waals surface area contributed by atoms with Crippen LogP contribution >= 0.6 is 0 Å². The number of aromatic nitrogens is 3. The van der Waals surface area contributed by atoms with Crippen molar-refractivity contribution in [3.63, 3.8) is 0 Å². The first-order chi connectivity index (χ1) is 8.58. The third-order valence-corrected chi connectivity index (χ3v) is 2.60. The number of carbonyl (C=O) groups is 1.